The van der Waals surface area contributed by atoms with Crippen LogP contribution in [0.1, 0.15) is 43.4 Å². The van der Waals surface area contributed by atoms with Crippen molar-refractivity contribution in [1.29, 1.82) is 0 Å². The lowest BCUT2D eigenvalue weighted by molar-refractivity contribution is 0.339. The van der Waals surface area contributed by atoms with E-state index in [1.165, 1.54) is 52.3 Å². The second-order valence-electron chi connectivity index (χ2n) is 10.4. The highest BCUT2D eigenvalue weighted by Crippen LogP contribution is 2.45. The van der Waals surface area contributed by atoms with E-state index in [1.807, 2.05) is 31.7 Å². The second-order valence-corrected chi connectivity index (χ2v) is 10.4. The summed E-state index contributed by atoms with van der Waals surface area (Å²) in [7, 11) is 2.04. The number of aryl methyl sites for hydroxylation is 1. The van der Waals surface area contributed by atoms with Crippen LogP contribution in [0.4, 0.5) is 0 Å². The van der Waals surface area contributed by atoms with E-state index in [-0.39, 0.29) is 5.41 Å². The molecule has 3 aromatic carbocycles. The Kier molecular flexibility index (Phi) is 5.21. The summed E-state index contributed by atoms with van der Waals surface area (Å²) in [5.74, 6) is 0.972. The fraction of sp³-hybridized carbons (Fsp3) is 0.212. The lowest BCUT2D eigenvalue weighted by Gasteiger charge is -2.37. The van der Waals surface area contributed by atoms with Gasteiger partial charge in [0.15, 0.2) is 0 Å². The van der Waals surface area contributed by atoms with Crippen LogP contribution in [0.15, 0.2) is 104 Å². The Hall–Kier alpha value is -4.18. The van der Waals surface area contributed by atoms with Crippen molar-refractivity contribution >= 4 is 21.8 Å². The van der Waals surface area contributed by atoms with Gasteiger partial charge in [-0.3, -0.25) is 4.98 Å². The summed E-state index contributed by atoms with van der Waals surface area (Å²) in [4.78, 5) is 9.48. The summed E-state index contributed by atoms with van der Waals surface area (Å²) in [6.07, 6.45) is 11.9. The molecule has 0 spiro atoms. The minimum absolute atomic E-state index is 0.0379. The van der Waals surface area contributed by atoms with E-state index < -0.39 is 0 Å². The van der Waals surface area contributed by atoms with Crippen molar-refractivity contribution in [2.45, 2.75) is 37.5 Å². The summed E-state index contributed by atoms with van der Waals surface area (Å²) in [5.41, 5.74) is 7.28. The van der Waals surface area contributed by atoms with E-state index in [0.29, 0.717) is 0 Å². The highest BCUT2D eigenvalue weighted by atomic mass is 15.0. The van der Waals surface area contributed by atoms with Gasteiger partial charge < -0.3 is 9.13 Å². The van der Waals surface area contributed by atoms with Gasteiger partial charge in [-0.15, -0.1) is 0 Å². The van der Waals surface area contributed by atoms with Gasteiger partial charge in [0.05, 0.1) is 16.7 Å². The van der Waals surface area contributed by atoms with Crippen LogP contribution < -0.4 is 0 Å². The summed E-state index contributed by atoms with van der Waals surface area (Å²) in [6.45, 7) is 0. The first-order valence-electron chi connectivity index (χ1n) is 13.3. The lowest BCUT2D eigenvalue weighted by atomic mass is 9.67. The Labute approximate surface area is 217 Å². The molecule has 0 aliphatic heterocycles. The standard InChI is InChI=1S/C33H30N4/c1-36-21-20-35-32(36)24-10-9-11-26(22-24)37-29-13-4-3-12-27(29)28-16-15-25(23-30(28)37)33(17-6-2-7-18-33)31-14-5-8-19-34-31/h3-5,8-16,19-23H,2,6-7,17-18H2,1H3. The van der Waals surface area contributed by atoms with E-state index in [4.69, 9.17) is 4.98 Å². The highest BCUT2D eigenvalue weighted by molar-refractivity contribution is 6.09. The third-order valence-electron chi connectivity index (χ3n) is 8.27. The van der Waals surface area contributed by atoms with Crippen molar-refractivity contribution < 1.29 is 0 Å². The maximum Gasteiger partial charge on any atom is 0.139 e. The van der Waals surface area contributed by atoms with Crippen molar-refractivity contribution in [3.63, 3.8) is 0 Å². The van der Waals surface area contributed by atoms with E-state index in [9.17, 15) is 0 Å². The van der Waals surface area contributed by atoms with Crippen molar-refractivity contribution in [2.24, 2.45) is 7.05 Å². The van der Waals surface area contributed by atoms with Crippen LogP contribution in [0, 0.1) is 0 Å². The fourth-order valence-electron chi connectivity index (χ4n) is 6.47. The van der Waals surface area contributed by atoms with Crippen molar-refractivity contribution in [2.75, 3.05) is 0 Å². The number of hydrogen-bond donors (Lipinski definition) is 0. The molecule has 7 rings (SSSR count). The number of nitrogens with zero attached hydrogens (tertiary/aromatic N) is 4. The van der Waals surface area contributed by atoms with Gasteiger partial charge in [0, 0.05) is 53.1 Å². The van der Waals surface area contributed by atoms with Crippen LogP contribution in [0.25, 0.3) is 38.9 Å². The van der Waals surface area contributed by atoms with Crippen molar-refractivity contribution in [3.8, 4) is 17.1 Å². The zero-order valence-electron chi connectivity index (χ0n) is 21.1. The molecule has 1 fully saturated rings. The summed E-state index contributed by atoms with van der Waals surface area (Å²) in [5, 5.41) is 2.57. The molecular weight excluding hydrogens is 452 g/mol. The molecule has 0 radical (unpaired) electrons. The van der Waals surface area contributed by atoms with Crippen LogP contribution in [0.2, 0.25) is 0 Å². The normalized spacial score (nSPS) is 15.4. The molecule has 37 heavy (non-hydrogen) atoms. The van der Waals surface area contributed by atoms with Gasteiger partial charge in [0.1, 0.15) is 5.82 Å². The summed E-state index contributed by atoms with van der Waals surface area (Å²) >= 11 is 0. The molecule has 0 bridgehead atoms. The van der Waals surface area contributed by atoms with Crippen LogP contribution in [0.3, 0.4) is 0 Å². The molecule has 0 atom stereocenters. The smallest absolute Gasteiger partial charge is 0.139 e. The average molecular weight is 483 g/mol. The summed E-state index contributed by atoms with van der Waals surface area (Å²) < 4.78 is 4.50. The molecule has 1 saturated carbocycles. The quantitative estimate of drug-likeness (QED) is 0.257. The van der Waals surface area contributed by atoms with Gasteiger partial charge >= 0.3 is 0 Å². The molecule has 3 aromatic heterocycles. The van der Waals surface area contributed by atoms with Gasteiger partial charge in [-0.2, -0.15) is 0 Å². The minimum Gasteiger partial charge on any atom is -0.334 e. The highest BCUT2D eigenvalue weighted by Gasteiger charge is 2.37. The Balaban J connectivity index is 1.48. The predicted octanol–water partition coefficient (Wildman–Crippen LogP) is 7.83. The van der Waals surface area contributed by atoms with Gasteiger partial charge in [-0.05, 0) is 54.8 Å². The number of hydrogen-bond acceptors (Lipinski definition) is 2. The van der Waals surface area contributed by atoms with E-state index >= 15 is 0 Å². The van der Waals surface area contributed by atoms with Crippen LogP contribution in [-0.4, -0.2) is 19.1 Å². The minimum atomic E-state index is -0.0379. The first kappa shape index (κ1) is 22.1. The van der Waals surface area contributed by atoms with Gasteiger partial charge in [-0.1, -0.05) is 67.8 Å². The van der Waals surface area contributed by atoms with E-state index in [1.54, 1.807) is 0 Å². The molecule has 0 unspecified atom stereocenters. The molecule has 0 amide bonds. The molecule has 0 N–H and O–H groups in total. The molecule has 3 heterocycles. The molecule has 6 aromatic rings. The Morgan fingerprint density at radius 3 is 2.35 bits per heavy atom. The maximum absolute atomic E-state index is 4.89. The Morgan fingerprint density at radius 1 is 0.703 bits per heavy atom. The molecule has 0 saturated heterocycles. The van der Waals surface area contributed by atoms with Crippen LogP contribution in [-0.2, 0) is 12.5 Å². The topological polar surface area (TPSA) is 35.6 Å². The number of rotatable bonds is 4. The zero-order valence-corrected chi connectivity index (χ0v) is 21.1. The number of fused-ring (bicyclic) bond motifs is 3. The number of imidazole rings is 1. The predicted molar refractivity (Wildman–Crippen MR) is 151 cm³/mol. The summed E-state index contributed by atoms with van der Waals surface area (Å²) in [6, 6.07) is 31.0. The van der Waals surface area contributed by atoms with Crippen LogP contribution >= 0.6 is 0 Å². The maximum atomic E-state index is 4.89. The number of benzene rings is 3. The monoisotopic (exact) mass is 482 g/mol. The third kappa shape index (κ3) is 3.51. The Morgan fingerprint density at radius 2 is 1.54 bits per heavy atom. The van der Waals surface area contributed by atoms with Gasteiger partial charge in [0.25, 0.3) is 0 Å². The second kappa shape index (κ2) is 8.74. The van der Waals surface area contributed by atoms with Crippen molar-refractivity contribution in [3.05, 3.63) is 115 Å². The SMILES string of the molecule is Cn1ccnc1-c1cccc(-n2c3ccccc3c3ccc(C4(c5ccccn5)CCCCC4)cc32)c1. The molecule has 4 heteroatoms. The molecule has 4 nitrogen and oxygen atoms in total. The largest absolute Gasteiger partial charge is 0.334 e. The number of para-hydroxylation sites is 1. The Bertz CT molecular complexity index is 1720. The number of aromatic nitrogens is 4. The number of pyridine rings is 1. The molecule has 1 aliphatic rings. The van der Waals surface area contributed by atoms with Gasteiger partial charge in [-0.25, -0.2) is 4.98 Å². The molecule has 182 valence electrons. The van der Waals surface area contributed by atoms with E-state index in [0.717, 1.165) is 29.9 Å². The lowest BCUT2D eigenvalue weighted by Crippen LogP contribution is -2.31. The first-order chi connectivity index (χ1) is 18.2. The van der Waals surface area contributed by atoms with E-state index in [2.05, 4.69) is 93.0 Å². The zero-order chi connectivity index (χ0) is 24.8. The average Bonchev–Trinajstić information content (AvgIpc) is 3.54. The molecular formula is C33H30N4. The van der Waals surface area contributed by atoms with Gasteiger partial charge in [0.2, 0.25) is 0 Å². The van der Waals surface area contributed by atoms with Crippen LogP contribution in [0.5, 0.6) is 0 Å². The first-order valence-corrected chi connectivity index (χ1v) is 13.3. The molecule has 1 aliphatic carbocycles. The third-order valence-corrected chi connectivity index (χ3v) is 8.27. The van der Waals surface area contributed by atoms with Crippen molar-refractivity contribution in [1.82, 2.24) is 19.1 Å². The fourth-order valence-corrected chi connectivity index (χ4v) is 6.47.